The molecule has 2 aromatic heterocycles. The molecule has 0 unspecified atom stereocenters. The molecular weight excluding hydrogens is 749 g/mol. The van der Waals surface area contributed by atoms with E-state index in [1.165, 1.54) is 132 Å². The smallest absolute Gasteiger partial charge is 0.0547 e. The number of benzene rings is 10. The van der Waals surface area contributed by atoms with Gasteiger partial charge >= 0.3 is 0 Å². The first kappa shape index (κ1) is 34.3. The predicted octanol–water partition coefficient (Wildman–Crippen LogP) is 16.0. The summed E-state index contributed by atoms with van der Waals surface area (Å²) in [4.78, 5) is 0. The number of hydrogen-bond donors (Lipinski definition) is 0. The van der Waals surface area contributed by atoms with Crippen LogP contribution in [0.1, 0.15) is 49.9 Å². The van der Waals surface area contributed by atoms with Crippen molar-refractivity contribution in [3.63, 3.8) is 0 Å². The summed E-state index contributed by atoms with van der Waals surface area (Å²) < 4.78 is 5.01. The molecule has 62 heavy (non-hydrogen) atoms. The molecule has 0 aliphatic heterocycles. The van der Waals surface area contributed by atoms with Crippen molar-refractivity contribution >= 4 is 75.9 Å². The second-order valence-electron chi connectivity index (χ2n) is 18.8. The van der Waals surface area contributed by atoms with E-state index in [-0.39, 0.29) is 10.8 Å². The molecule has 0 saturated carbocycles. The second kappa shape index (κ2) is 11.7. The maximum atomic E-state index is 2.52. The van der Waals surface area contributed by atoms with Crippen LogP contribution in [0.15, 0.2) is 182 Å². The van der Waals surface area contributed by atoms with Crippen molar-refractivity contribution in [2.45, 2.75) is 38.5 Å². The molecule has 0 atom stereocenters. The molecule has 10 aromatic carbocycles. The summed E-state index contributed by atoms with van der Waals surface area (Å²) in [5, 5.41) is 13.0. The SMILES string of the molecule is CC1(C)c2cc(-n3c4ccccc4c4c5ccccc5ccc43)ccc2-c2ccc3c(c21)C(C)(C)c1cccc2c(-n4c5ccccc5c5c6ccccc6ccc54)ccc-3c12. The number of aromatic nitrogens is 2. The van der Waals surface area contributed by atoms with E-state index in [9.17, 15) is 0 Å². The van der Waals surface area contributed by atoms with Gasteiger partial charge in [-0.15, -0.1) is 0 Å². The van der Waals surface area contributed by atoms with E-state index in [1.54, 1.807) is 0 Å². The number of hydrogen-bond acceptors (Lipinski definition) is 0. The van der Waals surface area contributed by atoms with Crippen LogP contribution < -0.4 is 0 Å². The van der Waals surface area contributed by atoms with Crippen molar-refractivity contribution in [3.8, 4) is 33.6 Å². The van der Waals surface area contributed by atoms with Gasteiger partial charge in [-0.3, -0.25) is 0 Å². The summed E-state index contributed by atoms with van der Waals surface area (Å²) in [6.07, 6.45) is 0. The molecule has 0 saturated heterocycles. The van der Waals surface area contributed by atoms with Crippen LogP contribution in [0, 0.1) is 0 Å². The molecule has 0 spiro atoms. The number of para-hydroxylation sites is 2. The highest BCUT2D eigenvalue weighted by atomic mass is 15.0. The largest absolute Gasteiger partial charge is 0.309 e. The lowest BCUT2D eigenvalue weighted by Crippen LogP contribution is -2.29. The summed E-state index contributed by atoms with van der Waals surface area (Å²) >= 11 is 0. The molecule has 0 fully saturated rings. The molecule has 2 nitrogen and oxygen atoms in total. The highest BCUT2D eigenvalue weighted by Gasteiger charge is 2.45. The minimum atomic E-state index is -0.251. The Morgan fingerprint density at radius 1 is 0.323 bits per heavy atom. The van der Waals surface area contributed by atoms with Gasteiger partial charge in [-0.05, 0) is 114 Å². The molecule has 0 amide bonds. The van der Waals surface area contributed by atoms with Gasteiger partial charge in [-0.2, -0.15) is 0 Å². The summed E-state index contributed by atoms with van der Waals surface area (Å²) in [6.45, 7) is 9.86. The Morgan fingerprint density at radius 2 is 0.823 bits per heavy atom. The molecule has 2 heteroatoms. The van der Waals surface area contributed by atoms with Gasteiger partial charge in [0.25, 0.3) is 0 Å². The third-order valence-corrected chi connectivity index (χ3v) is 15.0. The molecular formula is C60H42N2. The molecule has 2 heterocycles. The topological polar surface area (TPSA) is 9.86 Å². The van der Waals surface area contributed by atoms with Crippen molar-refractivity contribution in [3.05, 3.63) is 204 Å². The highest BCUT2D eigenvalue weighted by molar-refractivity contribution is 6.23. The third-order valence-electron chi connectivity index (χ3n) is 15.0. The lowest BCUT2D eigenvalue weighted by molar-refractivity contribution is 0.591. The van der Waals surface area contributed by atoms with Crippen LogP contribution in [-0.4, -0.2) is 9.13 Å². The van der Waals surface area contributed by atoms with Gasteiger partial charge in [0.2, 0.25) is 0 Å². The molecule has 0 radical (unpaired) electrons. The maximum Gasteiger partial charge on any atom is 0.0547 e. The highest BCUT2D eigenvalue weighted by Crippen LogP contribution is 2.59. The maximum absolute atomic E-state index is 2.52. The van der Waals surface area contributed by atoms with Crippen LogP contribution in [0.2, 0.25) is 0 Å². The Labute approximate surface area is 359 Å². The Balaban J connectivity index is 0.976. The Morgan fingerprint density at radius 3 is 1.48 bits per heavy atom. The number of fused-ring (bicyclic) bond motifs is 16. The standard InChI is InChI=1S/C60H42N2/c1-59(2)47-21-13-20-44-51(62-50-23-12-10-19-46(50)56-39-17-8-6-15-36(39)25-32-53(56)62)33-30-41(54(44)47)43-29-28-42-40-27-26-37(34-48(40)60(3,4)57(42)58(43)59)61-49-22-11-9-18-45(49)55-38-16-7-5-14-35(38)24-31-52(55)61/h5-34H,1-4H3. The van der Waals surface area contributed by atoms with Gasteiger partial charge in [-0.25, -0.2) is 0 Å². The van der Waals surface area contributed by atoms with E-state index >= 15 is 0 Å². The summed E-state index contributed by atoms with van der Waals surface area (Å²) in [5.41, 5.74) is 18.0. The molecule has 2 aliphatic carbocycles. The molecule has 0 bridgehead atoms. The van der Waals surface area contributed by atoms with Gasteiger partial charge in [-0.1, -0.05) is 167 Å². The first-order valence-electron chi connectivity index (χ1n) is 22.0. The minimum Gasteiger partial charge on any atom is -0.309 e. The lowest BCUT2D eigenvalue weighted by atomic mass is 9.63. The van der Waals surface area contributed by atoms with Crippen LogP contribution in [0.25, 0.3) is 110 Å². The van der Waals surface area contributed by atoms with Crippen LogP contribution in [-0.2, 0) is 10.8 Å². The van der Waals surface area contributed by atoms with Crippen LogP contribution >= 0.6 is 0 Å². The van der Waals surface area contributed by atoms with E-state index in [2.05, 4.69) is 219 Å². The third kappa shape index (κ3) is 4.15. The van der Waals surface area contributed by atoms with Gasteiger partial charge in [0.05, 0.1) is 27.8 Å². The number of nitrogens with zero attached hydrogens (tertiary/aromatic N) is 2. The minimum absolute atomic E-state index is 0.230. The lowest BCUT2D eigenvalue weighted by Gasteiger charge is -2.40. The zero-order valence-corrected chi connectivity index (χ0v) is 35.2. The van der Waals surface area contributed by atoms with Crippen molar-refractivity contribution in [2.75, 3.05) is 0 Å². The fourth-order valence-electron chi connectivity index (χ4n) is 12.4. The van der Waals surface area contributed by atoms with E-state index in [0.717, 1.165) is 0 Å². The molecule has 2 aliphatic rings. The molecule has 12 aromatic rings. The zero-order valence-electron chi connectivity index (χ0n) is 35.2. The Bertz CT molecular complexity index is 3980. The fourth-order valence-corrected chi connectivity index (χ4v) is 12.4. The quantitative estimate of drug-likeness (QED) is 0.165. The molecule has 0 N–H and O–H groups in total. The summed E-state index contributed by atoms with van der Waals surface area (Å²) in [7, 11) is 0. The first-order chi connectivity index (χ1) is 30.3. The predicted molar refractivity (Wildman–Crippen MR) is 263 cm³/mol. The van der Waals surface area contributed by atoms with Crippen molar-refractivity contribution in [1.29, 1.82) is 0 Å². The van der Waals surface area contributed by atoms with Crippen LogP contribution in [0.4, 0.5) is 0 Å². The average Bonchev–Trinajstić information content (AvgIpc) is 3.91. The van der Waals surface area contributed by atoms with Gasteiger partial charge in [0.15, 0.2) is 0 Å². The van der Waals surface area contributed by atoms with E-state index < -0.39 is 0 Å². The van der Waals surface area contributed by atoms with Gasteiger partial charge < -0.3 is 9.13 Å². The zero-order chi connectivity index (χ0) is 41.2. The Kier molecular flexibility index (Phi) is 6.47. The van der Waals surface area contributed by atoms with Crippen LogP contribution in [0.5, 0.6) is 0 Å². The second-order valence-corrected chi connectivity index (χ2v) is 18.8. The number of rotatable bonds is 2. The van der Waals surface area contributed by atoms with Gasteiger partial charge in [0, 0.05) is 43.4 Å². The van der Waals surface area contributed by atoms with Crippen molar-refractivity contribution in [1.82, 2.24) is 9.13 Å². The average molecular weight is 791 g/mol. The van der Waals surface area contributed by atoms with Crippen molar-refractivity contribution in [2.24, 2.45) is 0 Å². The summed E-state index contributed by atoms with van der Waals surface area (Å²) in [6, 6.07) is 68.6. The Hall–Kier alpha value is -7.42. The van der Waals surface area contributed by atoms with E-state index in [0.29, 0.717) is 0 Å². The normalized spacial score (nSPS) is 14.7. The molecule has 14 rings (SSSR count). The monoisotopic (exact) mass is 790 g/mol. The van der Waals surface area contributed by atoms with Crippen LogP contribution in [0.3, 0.4) is 0 Å². The first-order valence-corrected chi connectivity index (χ1v) is 22.0. The molecule has 292 valence electrons. The summed E-state index contributed by atoms with van der Waals surface area (Å²) in [5.74, 6) is 0. The van der Waals surface area contributed by atoms with Gasteiger partial charge in [0.1, 0.15) is 0 Å². The van der Waals surface area contributed by atoms with E-state index in [4.69, 9.17) is 0 Å². The fraction of sp³-hybridized carbons (Fsp3) is 0.100. The van der Waals surface area contributed by atoms with Crippen molar-refractivity contribution < 1.29 is 0 Å². The van der Waals surface area contributed by atoms with E-state index in [1.807, 2.05) is 0 Å².